The first-order valence-electron chi connectivity index (χ1n) is 9.22. The zero-order chi connectivity index (χ0) is 19.7. The molecule has 5 atom stereocenters. The second-order valence-corrected chi connectivity index (χ2v) is 8.54. The average molecular weight is 412 g/mol. The van der Waals surface area contributed by atoms with Crippen LogP contribution in [0.25, 0.3) is 11.0 Å². The lowest BCUT2D eigenvalue weighted by molar-refractivity contribution is -0.249. The molecule has 1 aromatic heterocycles. The van der Waals surface area contributed by atoms with E-state index in [1.807, 2.05) is 27.7 Å². The molecule has 0 saturated carbocycles. The van der Waals surface area contributed by atoms with Crippen LogP contribution in [-0.4, -0.2) is 64.0 Å². The topological polar surface area (TPSA) is 86.1 Å². The number of halogens is 1. The van der Waals surface area contributed by atoms with Crippen LogP contribution in [0.2, 0.25) is 5.02 Å². The summed E-state index contributed by atoms with van der Waals surface area (Å²) in [6.07, 6.45) is -2.27. The molecule has 0 spiro atoms. The predicted molar refractivity (Wildman–Crippen MR) is 96.5 cm³/mol. The Morgan fingerprint density at radius 2 is 1.86 bits per heavy atom. The van der Waals surface area contributed by atoms with Gasteiger partial charge in [-0.3, -0.25) is 0 Å². The molecule has 3 aliphatic rings. The van der Waals surface area contributed by atoms with Gasteiger partial charge in [0.1, 0.15) is 29.3 Å². The molecule has 0 unspecified atom stereocenters. The van der Waals surface area contributed by atoms with Gasteiger partial charge in [0.2, 0.25) is 0 Å². The van der Waals surface area contributed by atoms with Crippen LogP contribution in [0.15, 0.2) is 18.2 Å². The van der Waals surface area contributed by atoms with Crippen LogP contribution in [0.3, 0.4) is 0 Å². The normalized spacial score (nSPS) is 36.1. The van der Waals surface area contributed by atoms with Crippen molar-refractivity contribution in [3.8, 4) is 0 Å². The van der Waals surface area contributed by atoms with Gasteiger partial charge in [0, 0.05) is 5.02 Å². The number of hydrogen-bond acceptors (Lipinski definition) is 8. The van der Waals surface area contributed by atoms with Gasteiger partial charge in [-0.1, -0.05) is 16.4 Å². The molecule has 5 rings (SSSR count). The largest absolute Gasteiger partial charge is 0.360 e. The van der Waals surface area contributed by atoms with E-state index in [1.165, 1.54) is 4.85 Å². The van der Waals surface area contributed by atoms with Crippen LogP contribution in [-0.2, 0) is 23.7 Å². The summed E-state index contributed by atoms with van der Waals surface area (Å²) in [5, 5.41) is 8.70. The van der Waals surface area contributed by atoms with E-state index in [0.29, 0.717) is 22.7 Å². The first-order valence-corrected chi connectivity index (χ1v) is 9.60. The van der Waals surface area contributed by atoms with Crippen molar-refractivity contribution in [3.63, 3.8) is 0 Å². The molecule has 3 aliphatic heterocycles. The van der Waals surface area contributed by atoms with Crippen LogP contribution < -0.4 is 4.84 Å². The number of fused-ring (bicyclic) bond motifs is 2. The summed E-state index contributed by atoms with van der Waals surface area (Å²) >= 11 is 6.10. The quantitative estimate of drug-likeness (QED) is 0.757. The Kier molecular flexibility index (Phi) is 4.14. The molecule has 1 aromatic carbocycles. The molecular formula is C18H22ClN3O6. The third-order valence-corrected chi connectivity index (χ3v) is 5.26. The summed E-state index contributed by atoms with van der Waals surface area (Å²) < 4.78 is 30.0. The SMILES string of the molecule is CC1(C)O[C@H]2[C@@H](O1)[C@@H](On1nnc3ccc(Cl)cc31)O[C@@H]2[C@@H]1COC(C)(C)O1. The Labute approximate surface area is 166 Å². The van der Waals surface area contributed by atoms with Gasteiger partial charge in [-0.25, -0.2) is 0 Å². The van der Waals surface area contributed by atoms with E-state index in [-0.39, 0.29) is 12.2 Å². The van der Waals surface area contributed by atoms with Crippen molar-refractivity contribution in [3.05, 3.63) is 23.2 Å². The molecular weight excluding hydrogens is 390 g/mol. The summed E-state index contributed by atoms with van der Waals surface area (Å²) in [6.45, 7) is 7.86. The molecule has 0 amide bonds. The molecule has 152 valence electrons. The number of rotatable bonds is 3. The first kappa shape index (κ1) is 18.5. The van der Waals surface area contributed by atoms with Crippen LogP contribution in [0.4, 0.5) is 0 Å². The standard InChI is InChI=1S/C18H22ClN3O6/c1-17(2)23-8-12(25-17)13-14-15(27-18(3,4)26-14)16(24-13)28-22-11-7-9(19)5-6-10(11)20-21-22/h5-7,12-16H,8H2,1-4H3/t12-,13+,14+,15+,16+/m0/s1. The predicted octanol–water partition coefficient (Wildman–Crippen LogP) is 1.91. The van der Waals surface area contributed by atoms with E-state index in [1.54, 1.807) is 18.2 Å². The average Bonchev–Trinajstić information content (AvgIpc) is 3.32. The van der Waals surface area contributed by atoms with E-state index in [9.17, 15) is 0 Å². The highest BCUT2D eigenvalue weighted by molar-refractivity contribution is 6.31. The van der Waals surface area contributed by atoms with Crippen molar-refractivity contribution in [2.75, 3.05) is 6.61 Å². The van der Waals surface area contributed by atoms with Gasteiger partial charge in [-0.2, -0.15) is 0 Å². The molecule has 0 aliphatic carbocycles. The molecule has 0 radical (unpaired) electrons. The van der Waals surface area contributed by atoms with Crippen molar-refractivity contribution in [2.45, 2.75) is 70.0 Å². The fraction of sp³-hybridized carbons (Fsp3) is 0.667. The summed E-state index contributed by atoms with van der Waals surface area (Å²) in [4.78, 5) is 7.29. The van der Waals surface area contributed by atoms with E-state index in [0.717, 1.165) is 0 Å². The van der Waals surface area contributed by atoms with Gasteiger partial charge in [0.15, 0.2) is 17.7 Å². The maximum absolute atomic E-state index is 6.15. The van der Waals surface area contributed by atoms with Crippen molar-refractivity contribution in [1.82, 2.24) is 15.2 Å². The lowest BCUT2D eigenvalue weighted by Crippen LogP contribution is -2.40. The van der Waals surface area contributed by atoms with Gasteiger partial charge < -0.3 is 28.5 Å². The molecule has 9 nitrogen and oxygen atoms in total. The monoisotopic (exact) mass is 411 g/mol. The zero-order valence-electron chi connectivity index (χ0n) is 16.0. The molecule has 2 aromatic rings. The van der Waals surface area contributed by atoms with Crippen LogP contribution in [0.5, 0.6) is 0 Å². The lowest BCUT2D eigenvalue weighted by Gasteiger charge is -2.26. The number of ether oxygens (including phenoxy) is 5. The maximum Gasteiger partial charge on any atom is 0.256 e. The van der Waals surface area contributed by atoms with Gasteiger partial charge in [0.25, 0.3) is 6.29 Å². The van der Waals surface area contributed by atoms with Gasteiger partial charge in [-0.05, 0) is 51.1 Å². The summed E-state index contributed by atoms with van der Waals surface area (Å²) in [6, 6.07) is 5.25. The van der Waals surface area contributed by atoms with Crippen LogP contribution in [0.1, 0.15) is 27.7 Å². The van der Waals surface area contributed by atoms with E-state index in [2.05, 4.69) is 10.3 Å². The number of benzene rings is 1. The van der Waals surface area contributed by atoms with Gasteiger partial charge in [-0.15, -0.1) is 5.10 Å². The Bertz CT molecular complexity index is 903. The first-order chi connectivity index (χ1) is 13.2. The fourth-order valence-electron chi connectivity index (χ4n) is 3.90. The zero-order valence-corrected chi connectivity index (χ0v) is 16.8. The number of aromatic nitrogens is 3. The van der Waals surface area contributed by atoms with Gasteiger partial charge >= 0.3 is 0 Å². The second kappa shape index (κ2) is 6.25. The Hall–Kier alpha value is -1.49. The minimum Gasteiger partial charge on any atom is -0.360 e. The van der Waals surface area contributed by atoms with Gasteiger partial charge in [0.05, 0.1) is 6.61 Å². The second-order valence-electron chi connectivity index (χ2n) is 8.10. The van der Waals surface area contributed by atoms with E-state index >= 15 is 0 Å². The molecule has 10 heteroatoms. The third-order valence-electron chi connectivity index (χ3n) is 5.02. The van der Waals surface area contributed by atoms with Crippen molar-refractivity contribution in [2.24, 2.45) is 0 Å². The molecule has 0 N–H and O–H groups in total. The van der Waals surface area contributed by atoms with Crippen LogP contribution >= 0.6 is 11.6 Å². The smallest absolute Gasteiger partial charge is 0.256 e. The molecule has 3 saturated heterocycles. The number of hydrogen-bond donors (Lipinski definition) is 0. The maximum atomic E-state index is 6.15. The Morgan fingerprint density at radius 3 is 2.61 bits per heavy atom. The highest BCUT2D eigenvalue weighted by Gasteiger charge is 2.60. The summed E-state index contributed by atoms with van der Waals surface area (Å²) in [7, 11) is 0. The van der Waals surface area contributed by atoms with Crippen molar-refractivity contribution in [1.29, 1.82) is 0 Å². The summed E-state index contributed by atoms with van der Waals surface area (Å²) in [5.41, 5.74) is 1.30. The molecule has 3 fully saturated rings. The lowest BCUT2D eigenvalue weighted by atomic mass is 10.1. The van der Waals surface area contributed by atoms with E-state index in [4.69, 9.17) is 40.1 Å². The van der Waals surface area contributed by atoms with Crippen molar-refractivity contribution >= 4 is 22.6 Å². The number of nitrogens with zero attached hydrogens (tertiary/aromatic N) is 3. The molecule has 0 bridgehead atoms. The minimum absolute atomic E-state index is 0.296. The highest BCUT2D eigenvalue weighted by Crippen LogP contribution is 2.42. The fourth-order valence-corrected chi connectivity index (χ4v) is 4.07. The van der Waals surface area contributed by atoms with E-state index < -0.39 is 30.1 Å². The minimum atomic E-state index is -0.762. The Balaban J connectivity index is 1.42. The Morgan fingerprint density at radius 1 is 1.07 bits per heavy atom. The van der Waals surface area contributed by atoms with Crippen LogP contribution in [0, 0.1) is 0 Å². The highest BCUT2D eigenvalue weighted by atomic mass is 35.5. The molecule has 28 heavy (non-hydrogen) atoms. The third kappa shape index (κ3) is 3.16. The van der Waals surface area contributed by atoms with Crippen molar-refractivity contribution < 1.29 is 28.5 Å². The molecule has 4 heterocycles. The summed E-state index contributed by atoms with van der Waals surface area (Å²) in [5.74, 6) is -1.43.